The van der Waals surface area contributed by atoms with Gasteiger partial charge in [0, 0.05) is 54.2 Å². The van der Waals surface area contributed by atoms with Crippen molar-refractivity contribution in [2.24, 2.45) is 5.92 Å². The number of furan rings is 1. The molecule has 11 heteroatoms. The zero-order valence-electron chi connectivity index (χ0n) is 24.9. The van der Waals surface area contributed by atoms with Gasteiger partial charge in [-0.2, -0.15) is 0 Å². The predicted molar refractivity (Wildman–Crippen MR) is 166 cm³/mol. The second kappa shape index (κ2) is 13.0. The number of amides is 1. The first kappa shape index (κ1) is 31.5. The maximum Gasteiger partial charge on any atom is 0.231 e. The van der Waals surface area contributed by atoms with Crippen LogP contribution in [-0.4, -0.2) is 55.2 Å². The minimum atomic E-state index is -1.94. The fourth-order valence-corrected chi connectivity index (χ4v) is 6.64. The van der Waals surface area contributed by atoms with Gasteiger partial charge in [-0.1, -0.05) is 30.7 Å². The fourth-order valence-electron chi connectivity index (χ4n) is 5.96. The van der Waals surface area contributed by atoms with E-state index in [1.165, 1.54) is 20.3 Å². The van der Waals surface area contributed by atoms with Crippen molar-refractivity contribution in [1.82, 2.24) is 5.32 Å². The number of hydrogen-bond donors (Lipinski definition) is 2. The van der Waals surface area contributed by atoms with Crippen LogP contribution < -0.4 is 19.5 Å². The lowest BCUT2D eigenvalue weighted by Crippen LogP contribution is -2.53. The topological polar surface area (TPSA) is 124 Å². The van der Waals surface area contributed by atoms with Crippen LogP contribution in [0.1, 0.15) is 53.8 Å². The van der Waals surface area contributed by atoms with Gasteiger partial charge in [-0.05, 0) is 42.5 Å². The summed E-state index contributed by atoms with van der Waals surface area (Å²) in [6, 6.07) is 12.6. The van der Waals surface area contributed by atoms with Crippen LogP contribution in [0, 0.1) is 5.92 Å². The number of nitrogens with one attached hydrogen (secondary N) is 1. The minimum absolute atomic E-state index is 0.00939. The summed E-state index contributed by atoms with van der Waals surface area (Å²) < 4.78 is 22.5. The summed E-state index contributed by atoms with van der Waals surface area (Å²) in [7, 11) is 2.82. The summed E-state index contributed by atoms with van der Waals surface area (Å²) in [6.45, 7) is 2.06. The quantitative estimate of drug-likeness (QED) is 0.183. The van der Waals surface area contributed by atoms with Crippen LogP contribution in [0.4, 0.5) is 0 Å². The summed E-state index contributed by atoms with van der Waals surface area (Å²) in [5.74, 6) is -2.15. The number of ether oxygens (including phenoxy) is 3. The van der Waals surface area contributed by atoms with Crippen LogP contribution >= 0.6 is 23.4 Å². The van der Waals surface area contributed by atoms with E-state index in [9.17, 15) is 19.5 Å². The molecule has 0 saturated heterocycles. The lowest BCUT2D eigenvalue weighted by Gasteiger charge is -2.38. The summed E-state index contributed by atoms with van der Waals surface area (Å²) >= 11 is 8.13. The molecule has 2 N–H and O–H groups in total. The van der Waals surface area contributed by atoms with Crippen molar-refractivity contribution < 1.29 is 38.1 Å². The summed E-state index contributed by atoms with van der Waals surface area (Å²) in [6.07, 6.45) is 4.64. The Bertz CT molecular complexity index is 1600. The molecule has 2 aromatic carbocycles. The molecular formula is C33H34ClNO8S. The van der Waals surface area contributed by atoms with Crippen LogP contribution in [0.5, 0.6) is 17.2 Å². The lowest BCUT2D eigenvalue weighted by molar-refractivity contribution is -0.121. The molecule has 9 nitrogen and oxygen atoms in total. The minimum Gasteiger partial charge on any atom is -0.507 e. The number of fused-ring (bicyclic) bond motifs is 1. The largest absolute Gasteiger partial charge is 0.507 e. The Hall–Kier alpha value is -3.89. The number of Topliss-reactive ketones (excluding diaryl/α,β-unsaturated/α-hetero) is 2. The summed E-state index contributed by atoms with van der Waals surface area (Å²) in [5.41, 5.74) is -1.27. The number of thioether (sulfide) groups is 1. The van der Waals surface area contributed by atoms with Crippen molar-refractivity contribution in [3.63, 3.8) is 0 Å². The molecule has 1 aromatic heterocycles. The average Bonchev–Trinajstić information content (AvgIpc) is 3.65. The molecule has 5 rings (SSSR count). The van der Waals surface area contributed by atoms with E-state index >= 15 is 0 Å². The number of ketones is 2. The van der Waals surface area contributed by atoms with Crippen molar-refractivity contribution in [2.75, 3.05) is 27.0 Å². The van der Waals surface area contributed by atoms with Crippen LogP contribution in [0.15, 0.2) is 69.4 Å². The molecule has 0 bridgehead atoms. The molecule has 2 aliphatic rings. The molecule has 2 heterocycles. The molecule has 1 aliphatic heterocycles. The zero-order chi connectivity index (χ0) is 31.6. The number of rotatable bonds is 11. The van der Waals surface area contributed by atoms with Crippen LogP contribution in [0.2, 0.25) is 5.02 Å². The van der Waals surface area contributed by atoms with Crippen LogP contribution in [-0.2, 0) is 16.0 Å². The molecule has 1 aliphatic carbocycles. The molecular weight excluding hydrogens is 606 g/mol. The molecule has 3 aromatic rings. The highest BCUT2D eigenvalue weighted by molar-refractivity contribution is 7.98. The smallest absolute Gasteiger partial charge is 0.231 e. The number of aliphatic hydroxyl groups excluding tert-OH is 1. The Morgan fingerprint density at radius 2 is 1.91 bits per heavy atom. The number of aryl methyl sites for hydroxylation is 1. The van der Waals surface area contributed by atoms with E-state index in [1.54, 1.807) is 24.9 Å². The van der Waals surface area contributed by atoms with Crippen molar-refractivity contribution in [2.45, 2.75) is 49.0 Å². The maximum atomic E-state index is 14.2. The number of hydrogen-bond acceptors (Lipinski definition) is 9. The number of carbonyl (C=O) groups excluding carboxylic acids is 3. The molecule has 44 heavy (non-hydrogen) atoms. The SMILES string of the molecule is COc1cc(OC)c2c(c1Cl)O[C@]1(C2=O)C(O)=C(C(CC(=O)NCCCc2ccco2)c2ccc(SC)cc2)C(=O)C[C@H]1C. The van der Waals surface area contributed by atoms with Gasteiger partial charge in [-0.25, -0.2) is 0 Å². The third-order valence-electron chi connectivity index (χ3n) is 8.27. The fraction of sp³-hybridized carbons (Fsp3) is 0.364. The van der Waals surface area contributed by atoms with Crippen LogP contribution in [0.25, 0.3) is 0 Å². The molecule has 0 fully saturated rings. The highest BCUT2D eigenvalue weighted by Crippen LogP contribution is 2.55. The van der Waals surface area contributed by atoms with Gasteiger partial charge >= 0.3 is 0 Å². The molecule has 232 valence electrons. The maximum absolute atomic E-state index is 14.2. The Labute approximate surface area is 264 Å². The summed E-state index contributed by atoms with van der Waals surface area (Å²) in [5, 5.41) is 15.0. The molecule has 1 amide bonds. The number of benzene rings is 2. The lowest BCUT2D eigenvalue weighted by atomic mass is 9.69. The van der Waals surface area contributed by atoms with Gasteiger partial charge in [-0.15, -0.1) is 11.8 Å². The van der Waals surface area contributed by atoms with E-state index in [0.29, 0.717) is 24.9 Å². The Balaban J connectivity index is 1.53. The van der Waals surface area contributed by atoms with Crippen molar-refractivity contribution >= 4 is 40.8 Å². The standard InChI is InChI=1S/C33H34ClNO8S/c1-18-15-23(36)27(31(38)33(18)32(39)28-24(40-2)17-25(41-3)29(34)30(28)43-33)22(19-9-11-21(44-4)12-10-19)16-26(37)35-13-5-7-20-8-6-14-42-20/h6,8-12,14,17-18,22,38H,5,7,13,15-16H2,1-4H3,(H,35,37)/t18-,22?,33+/m1/s1. The molecule has 1 spiro atoms. The Morgan fingerprint density at radius 1 is 1.18 bits per heavy atom. The normalized spacial score (nSPS) is 20.0. The third kappa shape index (κ3) is 5.57. The van der Waals surface area contributed by atoms with Gasteiger partial charge in [0.2, 0.25) is 17.3 Å². The monoisotopic (exact) mass is 639 g/mol. The van der Waals surface area contributed by atoms with E-state index in [-0.39, 0.29) is 57.9 Å². The number of carbonyl (C=O) groups is 3. The summed E-state index contributed by atoms with van der Waals surface area (Å²) in [4.78, 5) is 42.2. The van der Waals surface area contributed by atoms with Crippen molar-refractivity contribution in [1.29, 1.82) is 0 Å². The highest BCUT2D eigenvalue weighted by atomic mass is 35.5. The number of allylic oxidation sites excluding steroid dienone is 1. The Morgan fingerprint density at radius 3 is 2.55 bits per heavy atom. The molecule has 0 radical (unpaired) electrons. The van der Waals surface area contributed by atoms with E-state index in [0.717, 1.165) is 10.7 Å². The molecule has 1 unspecified atom stereocenters. The van der Waals surface area contributed by atoms with E-state index in [2.05, 4.69) is 5.32 Å². The van der Waals surface area contributed by atoms with Gasteiger partial charge in [-0.3, -0.25) is 14.4 Å². The van der Waals surface area contributed by atoms with E-state index in [4.69, 9.17) is 30.2 Å². The first-order valence-corrected chi connectivity index (χ1v) is 15.8. The van der Waals surface area contributed by atoms with Gasteiger partial charge in [0.05, 0.1) is 20.5 Å². The van der Waals surface area contributed by atoms with Crippen molar-refractivity contribution in [3.8, 4) is 17.2 Å². The second-order valence-electron chi connectivity index (χ2n) is 10.8. The number of aliphatic hydroxyl groups is 1. The van der Waals surface area contributed by atoms with Gasteiger partial charge in [0.15, 0.2) is 17.3 Å². The first-order chi connectivity index (χ1) is 21.2. The van der Waals surface area contributed by atoms with E-state index < -0.39 is 29.0 Å². The zero-order valence-corrected chi connectivity index (χ0v) is 26.5. The average molecular weight is 640 g/mol. The van der Waals surface area contributed by atoms with Gasteiger partial charge < -0.3 is 29.1 Å². The molecule has 0 saturated carbocycles. The van der Waals surface area contributed by atoms with Gasteiger partial charge in [0.25, 0.3) is 0 Å². The predicted octanol–water partition coefficient (Wildman–Crippen LogP) is 6.33. The van der Waals surface area contributed by atoms with Gasteiger partial charge in [0.1, 0.15) is 27.8 Å². The molecule has 3 atom stereocenters. The van der Waals surface area contributed by atoms with Crippen molar-refractivity contribution in [3.05, 3.63) is 82.0 Å². The van der Waals surface area contributed by atoms with Crippen LogP contribution in [0.3, 0.4) is 0 Å². The third-order valence-corrected chi connectivity index (χ3v) is 9.37. The highest BCUT2D eigenvalue weighted by Gasteiger charge is 2.61. The first-order valence-electron chi connectivity index (χ1n) is 14.2. The van der Waals surface area contributed by atoms with E-state index in [1.807, 2.05) is 42.7 Å². The number of halogens is 1. The Kier molecular flexibility index (Phi) is 9.31. The number of methoxy groups -OCH3 is 2. The second-order valence-corrected chi connectivity index (χ2v) is 12.1.